The quantitative estimate of drug-likeness (QED) is 0.0545. The minimum absolute atomic E-state index is 0. The van der Waals surface area contributed by atoms with Crippen molar-refractivity contribution in [1.82, 2.24) is 24.9 Å². The molecular formula is C69H100Cl4N8O3Si3Sn3. The summed E-state index contributed by atoms with van der Waals surface area (Å²) >= 11 is 22.0. The second kappa shape index (κ2) is 40.0. The van der Waals surface area contributed by atoms with Gasteiger partial charge in [-0.25, -0.2) is 9.97 Å². The van der Waals surface area contributed by atoms with Crippen LogP contribution >= 0.6 is 46.4 Å². The van der Waals surface area contributed by atoms with Gasteiger partial charge in [0.05, 0.1) is 34.3 Å². The van der Waals surface area contributed by atoms with Crippen molar-refractivity contribution in [3.63, 3.8) is 0 Å². The number of fused-ring (bicyclic) bond motifs is 2. The molecule has 4 radical (unpaired) electrons. The normalized spacial score (nSPS) is 11.6. The Kier molecular flexibility index (Phi) is 37.9. The molecule has 0 saturated heterocycles. The molecule has 7 aromatic rings. The second-order valence-electron chi connectivity index (χ2n) is 27.3. The van der Waals surface area contributed by atoms with E-state index in [0.717, 1.165) is 65.4 Å². The van der Waals surface area contributed by atoms with E-state index in [4.69, 9.17) is 70.2 Å². The third kappa shape index (κ3) is 31.7. The molecule has 0 saturated carbocycles. The fourth-order valence-corrected chi connectivity index (χ4v) is 12.4. The SMILES string of the molecule is C.CC(C)(C)[Si](C)(C)OCc1cc(C#N)nc(Cc2ccc3ncc(Cl)cc3c2)c1.CC(C)(C)[Si](C)(C)OCc1cc(Cl)nc(C#N)c1.C[CH2][Sn][CH2]c1cc(CO[Si](C)(C)C(C)(C)C)cc(C#N)n1.ClCc1ccc2ncc(Cl)cc2c1.[CH3][Sn]([CH3])[CH3].[CH3][Sn]([CH3])[CH3]. The summed E-state index contributed by atoms with van der Waals surface area (Å²) in [7, 11) is -5.40. The Balaban J connectivity index is 0.000000591. The fourth-order valence-electron chi connectivity index (χ4n) is 6.86. The van der Waals surface area contributed by atoms with Crippen molar-refractivity contribution in [2.24, 2.45) is 0 Å². The van der Waals surface area contributed by atoms with Crippen molar-refractivity contribution < 1.29 is 13.3 Å². The van der Waals surface area contributed by atoms with Crippen molar-refractivity contribution >= 4 is 154 Å². The zero-order valence-corrected chi connectivity index (χ0v) is 71.6. The first-order valence-electron chi connectivity index (χ1n) is 29.8. The van der Waals surface area contributed by atoms with E-state index in [0.29, 0.717) is 64.4 Å². The molecule has 486 valence electrons. The Morgan fingerprint density at radius 3 is 1.20 bits per heavy atom. The molecular weight excluding hydrogens is 1570 g/mol. The van der Waals surface area contributed by atoms with E-state index in [1.165, 1.54) is 4.44 Å². The van der Waals surface area contributed by atoms with Gasteiger partial charge in [-0.1, -0.05) is 95.9 Å². The summed E-state index contributed by atoms with van der Waals surface area (Å²) < 4.78 is 21.1. The van der Waals surface area contributed by atoms with Gasteiger partial charge in [0.15, 0.2) is 16.6 Å². The first kappa shape index (κ1) is 85.3. The van der Waals surface area contributed by atoms with Crippen LogP contribution in [0.25, 0.3) is 21.8 Å². The summed E-state index contributed by atoms with van der Waals surface area (Å²) in [6.07, 6.45) is 3.92. The van der Waals surface area contributed by atoms with Crippen LogP contribution in [0.5, 0.6) is 0 Å². The Hall–Kier alpha value is -2.73. The van der Waals surface area contributed by atoms with Crippen LogP contribution in [0, 0.1) is 34.0 Å². The number of hydrogen-bond donors (Lipinski definition) is 0. The monoisotopic (exact) mass is 1670 g/mol. The maximum absolute atomic E-state index is 9.41. The topological polar surface area (TPSA) is 164 Å². The van der Waals surface area contributed by atoms with E-state index in [9.17, 15) is 5.26 Å². The first-order valence-corrected chi connectivity index (χ1v) is 61.4. The standard InChI is InChI=1S/C23H26ClN3OSi.C14H21N2OSi.C13H19ClN2OSi.C10H7Cl2N.C2H5.CH4.6CH3.3Sn/c1-23(2,3)29(4,5)28-15-17-10-20(27-21(11-17)13-25)9-16-6-7-22-18(8-16)12-19(24)14-26-22;1-11-7-12(8-13(9-15)16-11)10-17-18(5,6)14(2,3)4;1-13(2,3)18(4,5)17-9-10-6-11(8-15)16-12(14)7-10;11-5-7-1-2-10-8(3-7)4-9(12)6-13-10;1-2;;;;;;;;;;/h6-8,10-12,14H,9,15H2,1-5H3;7-8H,1,10H2,2-6H3;6-7H,9H2,1-5H3;1-4,6H,5H2;1H2,2H3;1H4;6*1H3;;;. The Labute approximate surface area is 590 Å². The van der Waals surface area contributed by atoms with Crippen molar-refractivity contribution in [1.29, 1.82) is 15.8 Å². The van der Waals surface area contributed by atoms with Crippen molar-refractivity contribution in [3.8, 4) is 18.2 Å². The zero-order valence-electron chi connectivity index (χ0n) is 57.0. The number of benzene rings is 2. The van der Waals surface area contributed by atoms with Crippen LogP contribution in [0.3, 0.4) is 0 Å². The van der Waals surface area contributed by atoms with Crippen molar-refractivity contribution in [2.45, 2.75) is 202 Å². The summed E-state index contributed by atoms with van der Waals surface area (Å²) in [5.74, 6) is 0.516. The molecule has 90 heavy (non-hydrogen) atoms. The molecule has 0 aliphatic rings. The molecule has 0 N–H and O–H groups in total. The minimum atomic E-state index is -1.87. The van der Waals surface area contributed by atoms with Crippen LogP contribution < -0.4 is 0 Å². The number of alkyl halides is 1. The van der Waals surface area contributed by atoms with Crippen LogP contribution in [-0.4, -0.2) is 111 Å². The molecule has 2 aromatic carbocycles. The van der Waals surface area contributed by atoms with Gasteiger partial charge in [0.2, 0.25) is 0 Å². The van der Waals surface area contributed by atoms with Gasteiger partial charge in [-0.05, 0) is 119 Å². The van der Waals surface area contributed by atoms with Gasteiger partial charge in [-0.2, -0.15) is 10.5 Å². The number of aromatic nitrogens is 5. The molecule has 0 unspecified atom stereocenters. The van der Waals surface area contributed by atoms with Crippen molar-refractivity contribution in [3.05, 3.63) is 169 Å². The molecule has 0 spiro atoms. The molecule has 21 heteroatoms. The van der Waals surface area contributed by atoms with E-state index in [-0.39, 0.29) is 43.7 Å². The Bertz CT molecular complexity index is 3490. The van der Waals surface area contributed by atoms with Crippen LogP contribution in [0.15, 0.2) is 97.3 Å². The molecule has 0 atom stereocenters. The zero-order chi connectivity index (χ0) is 67.7. The number of halogens is 4. The van der Waals surface area contributed by atoms with Gasteiger partial charge in [-0.3, -0.25) is 9.97 Å². The van der Waals surface area contributed by atoms with E-state index >= 15 is 0 Å². The van der Waals surface area contributed by atoms with Gasteiger partial charge < -0.3 is 8.85 Å². The molecule has 0 bridgehead atoms. The van der Waals surface area contributed by atoms with E-state index in [1.807, 2.05) is 66.7 Å². The molecule has 5 heterocycles. The van der Waals surface area contributed by atoms with Crippen molar-refractivity contribution in [2.75, 3.05) is 0 Å². The van der Waals surface area contributed by atoms with Crippen LogP contribution in [0.2, 0.25) is 104 Å². The number of nitriles is 3. The van der Waals surface area contributed by atoms with Crippen LogP contribution in [0.4, 0.5) is 0 Å². The summed E-state index contributed by atoms with van der Waals surface area (Å²) in [6.45, 7) is 37.1. The molecule has 0 amide bonds. The molecule has 0 fully saturated rings. The van der Waals surface area contributed by atoms with Gasteiger partial charge in [-0.15, -0.1) is 11.6 Å². The predicted molar refractivity (Wildman–Crippen MR) is 397 cm³/mol. The predicted octanol–water partition coefficient (Wildman–Crippen LogP) is 21.5. The number of rotatable bonds is 15. The second-order valence-corrected chi connectivity index (χ2v) is 64.9. The molecule has 11 nitrogen and oxygen atoms in total. The molecule has 5 aromatic heterocycles. The molecule has 0 aliphatic carbocycles. The molecule has 0 aliphatic heterocycles. The third-order valence-electron chi connectivity index (χ3n) is 14.8. The average molecular weight is 1670 g/mol. The van der Waals surface area contributed by atoms with Crippen LogP contribution in [0.1, 0.15) is 133 Å². The van der Waals surface area contributed by atoms with E-state index in [1.54, 1.807) is 24.5 Å². The summed E-state index contributed by atoms with van der Waals surface area (Å²) in [5.41, 5.74) is 10.2. The summed E-state index contributed by atoms with van der Waals surface area (Å²) in [6, 6.07) is 33.5. The fraction of sp³-hybridized carbons (Fsp3) is 0.478. The van der Waals surface area contributed by atoms with Gasteiger partial charge in [0.1, 0.15) is 28.7 Å². The number of hydrogen-bond acceptors (Lipinski definition) is 11. The van der Waals surface area contributed by atoms with Gasteiger partial charge >= 0.3 is 210 Å². The summed E-state index contributed by atoms with van der Waals surface area (Å²) in [5, 5.41) is 31.5. The van der Waals surface area contributed by atoms with Crippen LogP contribution in [-0.2, 0) is 49.8 Å². The average Bonchev–Trinajstić information content (AvgIpc) is 1.72. The third-order valence-corrected chi connectivity index (χ3v) is 32.3. The van der Waals surface area contributed by atoms with Gasteiger partial charge in [0.25, 0.3) is 0 Å². The number of pyridine rings is 5. The van der Waals surface area contributed by atoms with Gasteiger partial charge in [0, 0.05) is 41.2 Å². The first-order chi connectivity index (χ1) is 41.2. The number of nitrogens with zero attached hydrogens (tertiary/aromatic N) is 8. The van der Waals surface area contributed by atoms with E-state index in [2.05, 4.69) is 187 Å². The Morgan fingerprint density at radius 2 is 0.833 bits per heavy atom. The maximum atomic E-state index is 9.41. The molecule has 7 rings (SSSR count). The Morgan fingerprint density at radius 1 is 0.489 bits per heavy atom. The summed E-state index contributed by atoms with van der Waals surface area (Å²) in [4.78, 5) is 35.5. The van der Waals surface area contributed by atoms with E-state index < -0.39 is 64.5 Å².